The van der Waals surface area contributed by atoms with Crippen molar-refractivity contribution in [3.05, 3.63) is 58.0 Å². The molecule has 1 aliphatic heterocycles. The number of anilines is 1. The summed E-state index contributed by atoms with van der Waals surface area (Å²) in [5.74, 6) is 0.602. The maximum atomic E-state index is 13.2. The maximum absolute atomic E-state index is 13.2. The van der Waals surface area contributed by atoms with E-state index in [1.165, 1.54) is 0 Å². The van der Waals surface area contributed by atoms with Crippen LogP contribution >= 0.6 is 23.2 Å². The molecule has 0 radical (unpaired) electrons. The molecular formula is C24H24Cl2N6O2. The highest BCUT2D eigenvalue weighted by atomic mass is 35.5. The van der Waals surface area contributed by atoms with Gasteiger partial charge in [0.05, 0.1) is 22.8 Å². The molecule has 1 aliphatic rings. The van der Waals surface area contributed by atoms with Gasteiger partial charge in [-0.15, -0.1) is 0 Å². The van der Waals surface area contributed by atoms with E-state index in [9.17, 15) is 4.79 Å². The molecule has 8 nitrogen and oxygen atoms in total. The van der Waals surface area contributed by atoms with Crippen molar-refractivity contribution >= 4 is 34.8 Å². The average Bonchev–Trinajstić information content (AvgIpc) is 3.12. The highest BCUT2D eigenvalue weighted by molar-refractivity contribution is 6.33. The molecule has 1 aromatic carbocycles. The van der Waals surface area contributed by atoms with Crippen LogP contribution in [0.2, 0.25) is 10.0 Å². The number of carbonyl (C=O) groups is 1. The molecule has 0 saturated carbocycles. The second kappa shape index (κ2) is 9.92. The topological polar surface area (TPSA) is 87.3 Å². The Morgan fingerprint density at radius 1 is 1.26 bits per heavy atom. The molecule has 0 N–H and O–H groups in total. The van der Waals surface area contributed by atoms with Crippen LogP contribution in [0.5, 0.6) is 5.75 Å². The summed E-state index contributed by atoms with van der Waals surface area (Å²) in [4.78, 5) is 21.3. The lowest BCUT2D eigenvalue weighted by Crippen LogP contribution is -2.54. The van der Waals surface area contributed by atoms with Crippen LogP contribution < -0.4 is 9.64 Å². The number of methoxy groups -OCH3 is 1. The minimum atomic E-state index is -0.0258. The summed E-state index contributed by atoms with van der Waals surface area (Å²) < 4.78 is 6.95. The number of ether oxygens (including phenoxy) is 1. The van der Waals surface area contributed by atoms with E-state index in [-0.39, 0.29) is 24.2 Å². The molecule has 0 spiro atoms. The number of amides is 1. The zero-order valence-electron chi connectivity index (χ0n) is 19.1. The van der Waals surface area contributed by atoms with Crippen molar-refractivity contribution in [3.63, 3.8) is 0 Å². The van der Waals surface area contributed by atoms with E-state index < -0.39 is 0 Å². The third kappa shape index (κ3) is 4.67. The molecule has 176 valence electrons. The molecule has 3 aromatic rings. The Morgan fingerprint density at radius 3 is 2.76 bits per heavy atom. The van der Waals surface area contributed by atoms with Gasteiger partial charge < -0.3 is 14.5 Å². The van der Waals surface area contributed by atoms with Crippen molar-refractivity contribution in [1.29, 1.82) is 5.26 Å². The molecule has 34 heavy (non-hydrogen) atoms. The first kappa shape index (κ1) is 23.9. The third-order valence-corrected chi connectivity index (χ3v) is 6.78. The number of hydrogen-bond donors (Lipinski definition) is 0. The fourth-order valence-electron chi connectivity index (χ4n) is 4.13. The van der Waals surface area contributed by atoms with Gasteiger partial charge in [-0.3, -0.25) is 9.48 Å². The van der Waals surface area contributed by atoms with Crippen molar-refractivity contribution in [2.75, 3.05) is 31.6 Å². The van der Waals surface area contributed by atoms with Gasteiger partial charge in [-0.05, 0) is 38.1 Å². The average molecular weight is 499 g/mol. The van der Waals surface area contributed by atoms with Crippen LogP contribution in [0.3, 0.4) is 0 Å². The number of hydrogen-bond acceptors (Lipinski definition) is 6. The van der Waals surface area contributed by atoms with Crippen LogP contribution in [-0.2, 0) is 11.3 Å². The SMILES string of the molecule is COc1cc(N2CCN(C(=O)Cn3nc(-c4ccnc(C#N)c4)c(Cl)c3C)C(C)C2)ccc1Cl. The molecule has 1 atom stereocenters. The van der Waals surface area contributed by atoms with Crippen LogP contribution in [0.15, 0.2) is 36.5 Å². The van der Waals surface area contributed by atoms with Crippen molar-refractivity contribution in [2.24, 2.45) is 0 Å². The number of pyridine rings is 1. The van der Waals surface area contributed by atoms with Crippen molar-refractivity contribution in [1.82, 2.24) is 19.7 Å². The van der Waals surface area contributed by atoms with E-state index in [4.69, 9.17) is 33.2 Å². The molecule has 1 fully saturated rings. The molecular weight excluding hydrogens is 475 g/mol. The lowest BCUT2D eigenvalue weighted by molar-refractivity contribution is -0.134. The quantitative estimate of drug-likeness (QED) is 0.524. The molecule has 10 heteroatoms. The number of nitrogens with zero attached hydrogens (tertiary/aromatic N) is 6. The maximum Gasteiger partial charge on any atom is 0.244 e. The van der Waals surface area contributed by atoms with Crippen LogP contribution in [0.1, 0.15) is 18.3 Å². The minimum absolute atomic E-state index is 0.00659. The van der Waals surface area contributed by atoms with Crippen molar-refractivity contribution in [3.8, 4) is 23.1 Å². The van der Waals surface area contributed by atoms with Crippen LogP contribution in [0.25, 0.3) is 11.3 Å². The Bertz CT molecular complexity index is 1270. The van der Waals surface area contributed by atoms with E-state index in [0.29, 0.717) is 52.4 Å². The number of carbonyl (C=O) groups excluding carboxylic acids is 1. The van der Waals surface area contributed by atoms with E-state index >= 15 is 0 Å². The Kier molecular flexibility index (Phi) is 6.96. The molecule has 4 rings (SSSR count). The molecule has 1 saturated heterocycles. The van der Waals surface area contributed by atoms with E-state index in [1.54, 1.807) is 30.1 Å². The number of aromatic nitrogens is 3. The second-order valence-electron chi connectivity index (χ2n) is 8.15. The molecule has 0 bridgehead atoms. The standard InChI is InChI=1S/C24H24Cl2N6O2/c1-15-13-30(19-4-5-20(25)21(11-19)34-3)8-9-31(15)22(33)14-32-16(2)23(26)24(29-32)17-6-7-28-18(10-17)12-27/h4-7,10-11,15H,8-9,13-14H2,1-3H3. The summed E-state index contributed by atoms with van der Waals surface area (Å²) in [6, 6.07) is 11.1. The summed E-state index contributed by atoms with van der Waals surface area (Å²) >= 11 is 12.7. The van der Waals surface area contributed by atoms with Gasteiger partial charge in [-0.25, -0.2) is 4.98 Å². The number of benzene rings is 1. The predicted molar refractivity (Wildman–Crippen MR) is 131 cm³/mol. The normalized spacial score (nSPS) is 15.8. The summed E-state index contributed by atoms with van der Waals surface area (Å²) in [5.41, 5.74) is 3.20. The Hall–Kier alpha value is -3.28. The zero-order valence-corrected chi connectivity index (χ0v) is 20.6. The third-order valence-electron chi connectivity index (χ3n) is 6.01. The van der Waals surface area contributed by atoms with E-state index in [2.05, 4.69) is 15.0 Å². The molecule has 3 heterocycles. The van der Waals surface area contributed by atoms with Gasteiger partial charge in [0.25, 0.3) is 0 Å². The van der Waals surface area contributed by atoms with Crippen molar-refractivity contribution < 1.29 is 9.53 Å². The number of piperazine rings is 1. The second-order valence-corrected chi connectivity index (χ2v) is 8.93. The van der Waals surface area contributed by atoms with Gasteiger partial charge in [0.15, 0.2) is 0 Å². The highest BCUT2D eigenvalue weighted by Gasteiger charge is 2.29. The first-order valence-corrected chi connectivity index (χ1v) is 11.5. The van der Waals surface area contributed by atoms with Crippen LogP contribution in [-0.4, -0.2) is 58.4 Å². The van der Waals surface area contributed by atoms with Gasteiger partial charge >= 0.3 is 0 Å². The van der Waals surface area contributed by atoms with Crippen LogP contribution in [0.4, 0.5) is 5.69 Å². The lowest BCUT2D eigenvalue weighted by Gasteiger charge is -2.41. The lowest BCUT2D eigenvalue weighted by atomic mass is 10.1. The largest absolute Gasteiger partial charge is 0.495 e. The predicted octanol–water partition coefficient (Wildman–Crippen LogP) is 4.18. The zero-order chi connectivity index (χ0) is 24.4. The molecule has 2 aromatic heterocycles. The van der Waals surface area contributed by atoms with Crippen molar-refractivity contribution in [2.45, 2.75) is 26.4 Å². The summed E-state index contributed by atoms with van der Waals surface area (Å²) in [6.07, 6.45) is 1.54. The number of halogens is 2. The number of rotatable bonds is 5. The summed E-state index contributed by atoms with van der Waals surface area (Å²) in [6.45, 7) is 5.91. The molecule has 1 unspecified atom stereocenters. The van der Waals surface area contributed by atoms with Gasteiger partial charge in [0.1, 0.15) is 29.8 Å². The first-order valence-electron chi connectivity index (χ1n) is 10.8. The van der Waals surface area contributed by atoms with Gasteiger partial charge in [-0.2, -0.15) is 10.4 Å². The minimum Gasteiger partial charge on any atom is -0.495 e. The van der Waals surface area contributed by atoms with Crippen LogP contribution in [0, 0.1) is 18.3 Å². The molecule has 0 aliphatic carbocycles. The Morgan fingerprint density at radius 2 is 2.06 bits per heavy atom. The highest BCUT2D eigenvalue weighted by Crippen LogP contribution is 2.31. The Balaban J connectivity index is 1.47. The molecule has 1 amide bonds. The number of nitriles is 1. The monoisotopic (exact) mass is 498 g/mol. The smallest absolute Gasteiger partial charge is 0.244 e. The fraction of sp³-hybridized carbons (Fsp3) is 0.333. The summed E-state index contributed by atoms with van der Waals surface area (Å²) in [5, 5.41) is 14.7. The summed E-state index contributed by atoms with van der Waals surface area (Å²) in [7, 11) is 1.59. The Labute approximate surface area is 208 Å². The van der Waals surface area contributed by atoms with E-state index in [1.807, 2.05) is 43.0 Å². The fourth-order valence-corrected chi connectivity index (χ4v) is 4.57. The van der Waals surface area contributed by atoms with Gasteiger partial charge in [0.2, 0.25) is 5.91 Å². The van der Waals surface area contributed by atoms with E-state index in [0.717, 1.165) is 5.69 Å². The van der Waals surface area contributed by atoms with Gasteiger partial charge in [0, 0.05) is 49.2 Å². The van der Waals surface area contributed by atoms with Gasteiger partial charge in [-0.1, -0.05) is 23.2 Å². The first-order chi connectivity index (χ1) is 16.3.